The number of likely N-dealkylation sites (tertiary alicyclic amines) is 1. The molecule has 1 saturated heterocycles. The molecule has 3 heterocycles. The summed E-state index contributed by atoms with van der Waals surface area (Å²) in [5.74, 6) is 1.84. The van der Waals surface area contributed by atoms with Gasteiger partial charge in [0.2, 0.25) is 5.91 Å². The van der Waals surface area contributed by atoms with Gasteiger partial charge in [0.1, 0.15) is 24.8 Å². The lowest BCUT2D eigenvalue weighted by molar-refractivity contribution is -0.130. The Labute approximate surface area is 234 Å². The lowest BCUT2D eigenvalue weighted by Crippen LogP contribution is -2.36. The SMILES string of the molecule is CN(C)CC(=O)N1CC[C@@H](COc2cccc3c2C=NCN3Nc2ccc(OCc3ccccn3)c(Cl)c2)C1. The molecule has 3 aromatic rings. The molecule has 0 saturated carbocycles. The summed E-state index contributed by atoms with van der Waals surface area (Å²) in [5, 5.41) is 2.46. The number of benzene rings is 2. The fourth-order valence-corrected chi connectivity index (χ4v) is 4.90. The topological polar surface area (TPSA) is 82.5 Å². The molecule has 1 amide bonds. The van der Waals surface area contributed by atoms with Crippen LogP contribution >= 0.6 is 11.6 Å². The summed E-state index contributed by atoms with van der Waals surface area (Å²) in [7, 11) is 3.83. The summed E-state index contributed by atoms with van der Waals surface area (Å²) in [6, 6.07) is 17.3. The van der Waals surface area contributed by atoms with Gasteiger partial charge in [-0.05, 0) is 63.0 Å². The number of rotatable bonds is 10. The number of hydrogen-bond donors (Lipinski definition) is 1. The second kappa shape index (κ2) is 12.4. The van der Waals surface area contributed by atoms with Gasteiger partial charge in [0.15, 0.2) is 0 Å². The fourth-order valence-electron chi connectivity index (χ4n) is 4.66. The van der Waals surface area contributed by atoms with Gasteiger partial charge in [0.05, 0.1) is 40.8 Å². The van der Waals surface area contributed by atoms with Gasteiger partial charge in [-0.15, -0.1) is 0 Å². The van der Waals surface area contributed by atoms with Crippen LogP contribution in [0.4, 0.5) is 11.4 Å². The van der Waals surface area contributed by atoms with Crippen molar-refractivity contribution in [2.75, 3.05) is 57.4 Å². The van der Waals surface area contributed by atoms with Gasteiger partial charge in [-0.2, -0.15) is 0 Å². The van der Waals surface area contributed by atoms with Crippen molar-refractivity contribution in [3.63, 3.8) is 0 Å². The number of hydrazine groups is 1. The molecule has 1 aromatic heterocycles. The van der Waals surface area contributed by atoms with Gasteiger partial charge < -0.3 is 19.3 Å². The van der Waals surface area contributed by atoms with Crippen LogP contribution in [0, 0.1) is 5.92 Å². The van der Waals surface area contributed by atoms with Crippen molar-refractivity contribution < 1.29 is 14.3 Å². The van der Waals surface area contributed by atoms with Gasteiger partial charge >= 0.3 is 0 Å². The fraction of sp³-hybridized carbons (Fsp3) is 0.345. The number of anilines is 2. The number of ether oxygens (including phenoxy) is 2. The van der Waals surface area contributed by atoms with Crippen LogP contribution in [0.2, 0.25) is 5.02 Å². The van der Waals surface area contributed by atoms with Crippen LogP contribution in [0.15, 0.2) is 65.8 Å². The van der Waals surface area contributed by atoms with Crippen LogP contribution in [0.25, 0.3) is 0 Å². The molecule has 0 radical (unpaired) electrons. The monoisotopic (exact) mass is 548 g/mol. The van der Waals surface area contributed by atoms with Crippen molar-refractivity contribution in [1.82, 2.24) is 14.8 Å². The molecule has 1 atom stereocenters. The molecule has 2 aliphatic heterocycles. The zero-order chi connectivity index (χ0) is 27.2. The van der Waals surface area contributed by atoms with Gasteiger partial charge in [0.25, 0.3) is 0 Å². The molecule has 2 aromatic carbocycles. The first-order valence-electron chi connectivity index (χ1n) is 13.0. The Balaban J connectivity index is 1.20. The Kier molecular flexibility index (Phi) is 8.48. The molecular formula is C29H33ClN6O3. The normalized spacial score (nSPS) is 16.4. The maximum atomic E-state index is 12.4. The minimum absolute atomic E-state index is 0.168. The summed E-state index contributed by atoms with van der Waals surface area (Å²) in [5.41, 5.74) is 6.92. The number of carbonyl (C=O) groups is 1. The highest BCUT2D eigenvalue weighted by Gasteiger charge is 2.27. The van der Waals surface area contributed by atoms with E-state index in [2.05, 4.69) is 15.4 Å². The van der Waals surface area contributed by atoms with Gasteiger partial charge in [-0.1, -0.05) is 23.7 Å². The number of hydrogen-bond acceptors (Lipinski definition) is 8. The van der Waals surface area contributed by atoms with Gasteiger partial charge in [-0.3, -0.25) is 25.2 Å². The summed E-state index contributed by atoms with van der Waals surface area (Å²) < 4.78 is 12.1. The number of amides is 1. The predicted molar refractivity (Wildman–Crippen MR) is 154 cm³/mol. The highest BCUT2D eigenvalue weighted by atomic mass is 35.5. The average molecular weight is 549 g/mol. The number of nitrogens with zero attached hydrogens (tertiary/aromatic N) is 5. The Morgan fingerprint density at radius 2 is 2.03 bits per heavy atom. The van der Waals surface area contributed by atoms with E-state index in [-0.39, 0.29) is 5.91 Å². The Morgan fingerprint density at radius 1 is 1.13 bits per heavy atom. The first-order valence-corrected chi connectivity index (χ1v) is 13.4. The summed E-state index contributed by atoms with van der Waals surface area (Å²) in [6.45, 7) is 3.28. The number of aliphatic imine (C=N–C) groups is 1. The van der Waals surface area contributed by atoms with Crippen LogP contribution < -0.4 is 19.9 Å². The lowest BCUT2D eigenvalue weighted by Gasteiger charge is -2.29. The molecule has 5 rings (SSSR count). The highest BCUT2D eigenvalue weighted by molar-refractivity contribution is 6.32. The standard InChI is InChI=1S/C29H33ClN6O3/c1-34(2)17-29(37)35-13-11-21(16-35)18-38-27-8-5-7-26-24(27)15-31-20-36(26)33-22-9-10-28(25(30)14-22)39-19-23-6-3-4-12-32-23/h3-10,12,14-15,21,33H,11,13,16-20H2,1-2H3/t21-/m1/s1. The van der Waals surface area contributed by atoms with Gasteiger partial charge in [0, 0.05) is 31.4 Å². The third-order valence-corrected chi connectivity index (χ3v) is 6.93. The van der Waals surface area contributed by atoms with Crippen molar-refractivity contribution >= 4 is 35.1 Å². The summed E-state index contributed by atoms with van der Waals surface area (Å²) >= 11 is 6.52. The zero-order valence-corrected chi connectivity index (χ0v) is 23.0. The lowest BCUT2D eigenvalue weighted by atomic mass is 10.1. The maximum absolute atomic E-state index is 12.4. The number of nitrogens with one attached hydrogen (secondary N) is 1. The smallest absolute Gasteiger partial charge is 0.236 e. The quantitative estimate of drug-likeness (QED) is 0.404. The van der Waals surface area contributed by atoms with Crippen LogP contribution in [0.1, 0.15) is 17.7 Å². The molecule has 204 valence electrons. The third-order valence-electron chi connectivity index (χ3n) is 6.64. The summed E-state index contributed by atoms with van der Waals surface area (Å²) in [6.07, 6.45) is 4.53. The van der Waals surface area contributed by atoms with Crippen LogP contribution in [0.5, 0.6) is 11.5 Å². The van der Waals surface area contributed by atoms with Crippen LogP contribution in [-0.4, -0.2) is 73.9 Å². The number of aromatic nitrogens is 1. The van der Waals surface area contributed by atoms with Crippen molar-refractivity contribution in [3.05, 3.63) is 77.1 Å². The molecule has 0 spiro atoms. The first kappa shape index (κ1) is 26.8. The van der Waals surface area contributed by atoms with E-state index >= 15 is 0 Å². The largest absolute Gasteiger partial charge is 0.492 e. The van der Waals surface area contributed by atoms with E-state index in [1.54, 1.807) is 6.20 Å². The number of halogens is 1. The first-order chi connectivity index (χ1) is 19.0. The Hall–Kier alpha value is -3.82. The molecular weight excluding hydrogens is 516 g/mol. The number of fused-ring (bicyclic) bond motifs is 1. The average Bonchev–Trinajstić information content (AvgIpc) is 3.41. The van der Waals surface area contributed by atoms with E-state index in [4.69, 9.17) is 21.1 Å². The maximum Gasteiger partial charge on any atom is 0.236 e. The van der Waals surface area contributed by atoms with E-state index in [1.807, 2.05) is 89.7 Å². The van der Waals surface area contributed by atoms with Crippen molar-refractivity contribution in [1.29, 1.82) is 0 Å². The van der Waals surface area contributed by atoms with E-state index < -0.39 is 0 Å². The van der Waals surface area contributed by atoms with E-state index in [0.717, 1.165) is 47.9 Å². The molecule has 0 unspecified atom stereocenters. The molecule has 2 aliphatic rings. The van der Waals surface area contributed by atoms with Crippen molar-refractivity contribution in [2.24, 2.45) is 10.9 Å². The highest BCUT2D eigenvalue weighted by Crippen LogP contribution is 2.33. The number of carbonyl (C=O) groups excluding carboxylic acids is 1. The zero-order valence-electron chi connectivity index (χ0n) is 22.2. The summed E-state index contributed by atoms with van der Waals surface area (Å²) in [4.78, 5) is 25.0. The molecule has 0 bridgehead atoms. The van der Waals surface area contributed by atoms with Gasteiger partial charge in [-0.25, -0.2) is 0 Å². The second-order valence-electron chi connectivity index (χ2n) is 9.98. The molecule has 1 fully saturated rings. The van der Waals surface area contributed by atoms with Crippen LogP contribution in [-0.2, 0) is 11.4 Å². The predicted octanol–water partition coefficient (Wildman–Crippen LogP) is 4.33. The van der Waals surface area contributed by atoms with E-state index in [0.29, 0.717) is 43.1 Å². The molecule has 10 heteroatoms. The Morgan fingerprint density at radius 3 is 2.82 bits per heavy atom. The van der Waals surface area contributed by atoms with E-state index in [9.17, 15) is 4.79 Å². The minimum atomic E-state index is 0.168. The molecule has 39 heavy (non-hydrogen) atoms. The van der Waals surface area contributed by atoms with Crippen molar-refractivity contribution in [2.45, 2.75) is 13.0 Å². The molecule has 1 N–H and O–H groups in total. The minimum Gasteiger partial charge on any atom is -0.492 e. The van der Waals surface area contributed by atoms with Crippen LogP contribution in [0.3, 0.4) is 0 Å². The molecule has 0 aliphatic carbocycles. The Bertz CT molecular complexity index is 1320. The van der Waals surface area contributed by atoms with Crippen molar-refractivity contribution in [3.8, 4) is 11.5 Å². The number of likely N-dealkylation sites (N-methyl/N-ethyl adjacent to an activating group) is 1. The molecule has 9 nitrogen and oxygen atoms in total. The van der Waals surface area contributed by atoms with E-state index in [1.165, 1.54) is 0 Å². The number of pyridine rings is 1. The third kappa shape index (κ3) is 6.79. The second-order valence-corrected chi connectivity index (χ2v) is 10.4.